The van der Waals surface area contributed by atoms with Crippen molar-refractivity contribution < 1.29 is 18.7 Å². The quantitative estimate of drug-likeness (QED) is 0.269. The lowest BCUT2D eigenvalue weighted by Gasteiger charge is -2.10. The van der Waals surface area contributed by atoms with Gasteiger partial charge in [-0.05, 0) is 42.5 Å². The van der Waals surface area contributed by atoms with Crippen LogP contribution in [0.5, 0.6) is 0 Å². The molecule has 2 aromatic rings. The van der Waals surface area contributed by atoms with Crippen LogP contribution in [-0.4, -0.2) is 38.3 Å². The molecule has 0 saturated carbocycles. The van der Waals surface area contributed by atoms with Crippen LogP contribution in [0.2, 0.25) is 0 Å². The maximum absolute atomic E-state index is 13.0. The molecule has 0 spiro atoms. The minimum Gasteiger partial charge on any atom is -0.383 e. The van der Waals surface area contributed by atoms with Gasteiger partial charge in [-0.1, -0.05) is 15.9 Å². The summed E-state index contributed by atoms with van der Waals surface area (Å²) >= 11 is 3.37. The van der Waals surface area contributed by atoms with E-state index in [0.717, 1.165) is 4.47 Å². The van der Waals surface area contributed by atoms with Crippen LogP contribution in [0.25, 0.3) is 0 Å². The first-order chi connectivity index (χ1) is 13.0. The van der Waals surface area contributed by atoms with Gasteiger partial charge in [-0.25, -0.2) is 9.82 Å². The van der Waals surface area contributed by atoms with Crippen molar-refractivity contribution in [1.82, 2.24) is 10.7 Å². The van der Waals surface area contributed by atoms with Gasteiger partial charge in [0.25, 0.3) is 0 Å². The number of hydrogen-bond donors (Lipinski definition) is 3. The van der Waals surface area contributed by atoms with Gasteiger partial charge in [0.1, 0.15) is 5.82 Å². The van der Waals surface area contributed by atoms with Gasteiger partial charge in [0.15, 0.2) is 0 Å². The lowest BCUT2D eigenvalue weighted by atomic mass is 10.2. The number of rotatable bonds is 7. The smallest absolute Gasteiger partial charge is 0.329 e. The predicted molar refractivity (Wildman–Crippen MR) is 104 cm³/mol. The summed E-state index contributed by atoms with van der Waals surface area (Å²) < 4.78 is 18.6. The van der Waals surface area contributed by atoms with Crippen LogP contribution in [-0.2, 0) is 14.3 Å². The molecule has 0 aromatic heterocycles. The van der Waals surface area contributed by atoms with Crippen molar-refractivity contribution in [2.75, 3.05) is 25.6 Å². The summed E-state index contributed by atoms with van der Waals surface area (Å²) in [5.41, 5.74) is 4.18. The summed E-state index contributed by atoms with van der Waals surface area (Å²) in [7, 11) is 1.49. The van der Waals surface area contributed by atoms with Gasteiger partial charge >= 0.3 is 11.8 Å². The number of hydrazone groups is 1. The second kappa shape index (κ2) is 10.4. The van der Waals surface area contributed by atoms with Gasteiger partial charge < -0.3 is 15.4 Å². The Morgan fingerprint density at radius 3 is 2.63 bits per heavy atom. The van der Waals surface area contributed by atoms with Crippen LogP contribution in [0.15, 0.2) is 52.0 Å². The monoisotopic (exact) mass is 436 g/mol. The maximum atomic E-state index is 13.0. The lowest BCUT2D eigenvalue weighted by molar-refractivity contribution is -0.139. The number of amides is 2. The SMILES string of the molecule is COCCNC(=O)C(=O)N/N=C\c1cc(Br)ccc1Nc1ccc(F)cc1. The summed E-state index contributed by atoms with van der Waals surface area (Å²) in [6.07, 6.45) is 1.40. The normalized spacial score (nSPS) is 10.6. The van der Waals surface area contributed by atoms with Crippen LogP contribution >= 0.6 is 15.9 Å². The van der Waals surface area contributed by atoms with E-state index in [0.29, 0.717) is 23.5 Å². The molecule has 0 fully saturated rings. The van der Waals surface area contributed by atoms with Crippen molar-refractivity contribution in [1.29, 1.82) is 0 Å². The number of benzene rings is 2. The molecule has 0 saturated heterocycles. The van der Waals surface area contributed by atoms with E-state index < -0.39 is 11.8 Å². The number of carbonyl (C=O) groups is 2. The highest BCUT2D eigenvalue weighted by atomic mass is 79.9. The third-order valence-corrected chi connectivity index (χ3v) is 3.80. The van der Waals surface area contributed by atoms with Crippen LogP contribution in [0.4, 0.5) is 15.8 Å². The zero-order valence-electron chi connectivity index (χ0n) is 14.5. The van der Waals surface area contributed by atoms with Crippen molar-refractivity contribution in [3.8, 4) is 0 Å². The fourth-order valence-corrected chi connectivity index (χ4v) is 2.38. The molecule has 0 bridgehead atoms. The summed E-state index contributed by atoms with van der Waals surface area (Å²) in [4.78, 5) is 23.2. The average molecular weight is 437 g/mol. The summed E-state index contributed by atoms with van der Waals surface area (Å²) in [5, 5.41) is 9.34. The molecule has 142 valence electrons. The highest BCUT2D eigenvalue weighted by molar-refractivity contribution is 9.10. The van der Waals surface area contributed by atoms with Crippen molar-refractivity contribution in [2.45, 2.75) is 0 Å². The third kappa shape index (κ3) is 6.80. The minimum absolute atomic E-state index is 0.226. The Balaban J connectivity index is 2.03. The van der Waals surface area contributed by atoms with Gasteiger partial charge in [0.05, 0.1) is 12.8 Å². The molecule has 2 amide bonds. The minimum atomic E-state index is -0.884. The van der Waals surface area contributed by atoms with Crippen LogP contribution < -0.4 is 16.1 Å². The van der Waals surface area contributed by atoms with Gasteiger partial charge in [-0.2, -0.15) is 5.10 Å². The molecule has 0 radical (unpaired) electrons. The van der Waals surface area contributed by atoms with Crippen molar-refractivity contribution >= 4 is 45.3 Å². The molecule has 0 unspecified atom stereocenters. The van der Waals surface area contributed by atoms with Crippen molar-refractivity contribution in [3.05, 3.63) is 58.3 Å². The molecule has 0 aliphatic rings. The topological polar surface area (TPSA) is 91.8 Å². The molecule has 9 heteroatoms. The Kier molecular flexibility index (Phi) is 7.90. The van der Waals surface area contributed by atoms with Gasteiger partial charge in [0, 0.05) is 35.1 Å². The van der Waals surface area contributed by atoms with Crippen molar-refractivity contribution in [3.63, 3.8) is 0 Å². The summed E-state index contributed by atoms with van der Waals surface area (Å²) in [5.74, 6) is -2.02. The molecule has 2 aromatic carbocycles. The lowest BCUT2D eigenvalue weighted by Crippen LogP contribution is -2.39. The number of ether oxygens (including phenoxy) is 1. The Labute approximate surface area is 164 Å². The van der Waals surface area contributed by atoms with Crippen LogP contribution in [0.1, 0.15) is 5.56 Å². The highest BCUT2D eigenvalue weighted by Gasteiger charge is 2.11. The fourth-order valence-electron chi connectivity index (χ4n) is 2.00. The molecule has 0 aliphatic heterocycles. The Bertz CT molecular complexity index is 828. The number of halogens is 2. The van der Waals surface area contributed by atoms with Gasteiger partial charge in [0.2, 0.25) is 0 Å². The Morgan fingerprint density at radius 2 is 1.93 bits per heavy atom. The summed E-state index contributed by atoms with van der Waals surface area (Å²) in [6.45, 7) is 0.530. The van der Waals surface area contributed by atoms with E-state index in [4.69, 9.17) is 4.74 Å². The number of anilines is 2. The van der Waals surface area contributed by atoms with Crippen molar-refractivity contribution in [2.24, 2.45) is 5.10 Å². The van der Waals surface area contributed by atoms with E-state index in [2.05, 4.69) is 37.1 Å². The molecule has 3 N–H and O–H groups in total. The average Bonchev–Trinajstić information content (AvgIpc) is 2.65. The second-order valence-electron chi connectivity index (χ2n) is 5.31. The van der Waals surface area contributed by atoms with E-state index in [1.165, 1.54) is 25.5 Å². The number of nitrogens with zero attached hydrogens (tertiary/aromatic N) is 1. The van der Waals surface area contributed by atoms with Crippen LogP contribution in [0.3, 0.4) is 0 Å². The predicted octanol–water partition coefficient (Wildman–Crippen LogP) is 2.54. The second-order valence-corrected chi connectivity index (χ2v) is 6.23. The molecular weight excluding hydrogens is 419 g/mol. The zero-order valence-corrected chi connectivity index (χ0v) is 16.0. The molecule has 7 nitrogen and oxygen atoms in total. The molecule has 27 heavy (non-hydrogen) atoms. The molecule has 2 rings (SSSR count). The number of nitrogens with one attached hydrogen (secondary N) is 3. The van der Waals surface area contributed by atoms with E-state index in [1.54, 1.807) is 24.3 Å². The largest absolute Gasteiger partial charge is 0.383 e. The summed E-state index contributed by atoms with van der Waals surface area (Å²) in [6, 6.07) is 11.3. The Morgan fingerprint density at radius 1 is 1.19 bits per heavy atom. The molecule has 0 atom stereocenters. The fraction of sp³-hybridized carbons (Fsp3) is 0.167. The highest BCUT2D eigenvalue weighted by Crippen LogP contribution is 2.23. The first-order valence-electron chi connectivity index (χ1n) is 7.92. The number of hydrogen-bond acceptors (Lipinski definition) is 5. The molecular formula is C18H18BrFN4O3. The standard InChI is InChI=1S/C18H18BrFN4O3/c1-27-9-8-21-17(25)18(26)24-22-11-12-10-13(19)2-7-16(12)23-15-5-3-14(20)4-6-15/h2-7,10-11,23H,8-9H2,1H3,(H,21,25)(H,24,26)/b22-11-. The molecule has 0 heterocycles. The number of methoxy groups -OCH3 is 1. The van der Waals surface area contributed by atoms with Gasteiger partial charge in [-0.15, -0.1) is 0 Å². The first kappa shape index (κ1) is 20.5. The van der Waals surface area contributed by atoms with Crippen LogP contribution in [0, 0.1) is 5.82 Å². The van der Waals surface area contributed by atoms with E-state index >= 15 is 0 Å². The van der Waals surface area contributed by atoms with E-state index in [9.17, 15) is 14.0 Å². The third-order valence-electron chi connectivity index (χ3n) is 3.30. The van der Waals surface area contributed by atoms with E-state index in [-0.39, 0.29) is 12.4 Å². The maximum Gasteiger partial charge on any atom is 0.329 e. The molecule has 0 aliphatic carbocycles. The van der Waals surface area contributed by atoms with Gasteiger partial charge in [-0.3, -0.25) is 9.59 Å². The number of carbonyl (C=O) groups excluding carboxylic acids is 2. The first-order valence-corrected chi connectivity index (χ1v) is 8.71. The zero-order chi connectivity index (χ0) is 19.6. The van der Waals surface area contributed by atoms with E-state index in [1.807, 2.05) is 6.07 Å². The Hall–Kier alpha value is -2.78.